The van der Waals surface area contributed by atoms with Crippen molar-refractivity contribution < 1.29 is 0 Å². The van der Waals surface area contributed by atoms with Gasteiger partial charge in [0.05, 0.1) is 11.0 Å². The van der Waals surface area contributed by atoms with E-state index >= 15 is 0 Å². The van der Waals surface area contributed by atoms with Crippen molar-refractivity contribution >= 4 is 11.0 Å². The average Bonchev–Trinajstić information content (AvgIpc) is 3.00. The Morgan fingerprint density at radius 3 is 3.00 bits per heavy atom. The van der Waals surface area contributed by atoms with Crippen molar-refractivity contribution in [2.24, 2.45) is 0 Å². The second-order valence-corrected chi connectivity index (χ2v) is 6.07. The molecule has 4 nitrogen and oxygen atoms in total. The maximum atomic E-state index is 4.78. The first-order valence-corrected chi connectivity index (χ1v) is 7.94. The molecule has 1 N–H and O–H groups in total. The summed E-state index contributed by atoms with van der Waals surface area (Å²) in [5.41, 5.74) is 3.50. The topological polar surface area (TPSA) is 44.8 Å². The van der Waals surface area contributed by atoms with Gasteiger partial charge in [-0.05, 0) is 43.1 Å². The number of imidazole rings is 1. The van der Waals surface area contributed by atoms with Gasteiger partial charge in [0.15, 0.2) is 0 Å². The molecule has 3 aromatic rings. The van der Waals surface area contributed by atoms with Crippen molar-refractivity contribution in [2.45, 2.75) is 25.3 Å². The molecule has 3 heterocycles. The number of hydrogen-bond acceptors (Lipinski definition) is 3. The Labute approximate surface area is 130 Å². The number of pyridine rings is 1. The Balaban J connectivity index is 1.50. The number of rotatable bonds is 3. The number of piperidine rings is 1. The summed E-state index contributed by atoms with van der Waals surface area (Å²) in [6.07, 6.45) is 6.23. The van der Waals surface area contributed by atoms with Crippen LogP contribution in [0.1, 0.15) is 30.1 Å². The molecule has 1 fully saturated rings. The first-order valence-electron chi connectivity index (χ1n) is 7.94. The Hall–Kier alpha value is -2.20. The van der Waals surface area contributed by atoms with Crippen LogP contribution < -0.4 is 0 Å². The first kappa shape index (κ1) is 13.5. The number of likely N-dealkylation sites (tertiary alicyclic amines) is 1. The van der Waals surface area contributed by atoms with Gasteiger partial charge in [0.25, 0.3) is 0 Å². The van der Waals surface area contributed by atoms with Gasteiger partial charge in [0.1, 0.15) is 5.82 Å². The fourth-order valence-electron chi connectivity index (χ4n) is 3.34. The van der Waals surface area contributed by atoms with Crippen molar-refractivity contribution in [3.8, 4) is 0 Å². The largest absolute Gasteiger partial charge is 0.342 e. The molecule has 1 saturated heterocycles. The van der Waals surface area contributed by atoms with Gasteiger partial charge in [-0.1, -0.05) is 18.2 Å². The molecule has 1 atom stereocenters. The molecule has 0 radical (unpaired) electrons. The van der Waals surface area contributed by atoms with Crippen LogP contribution in [0.25, 0.3) is 11.0 Å². The van der Waals surface area contributed by atoms with Gasteiger partial charge in [-0.15, -0.1) is 0 Å². The molecule has 22 heavy (non-hydrogen) atoms. The maximum Gasteiger partial charge on any atom is 0.111 e. The van der Waals surface area contributed by atoms with E-state index in [4.69, 9.17) is 4.98 Å². The van der Waals surface area contributed by atoms with Crippen LogP contribution in [0.4, 0.5) is 0 Å². The lowest BCUT2D eigenvalue weighted by atomic mass is 9.97. The third-order valence-electron chi connectivity index (χ3n) is 4.43. The Morgan fingerprint density at radius 2 is 2.14 bits per heavy atom. The Bertz CT molecular complexity index is 717. The summed E-state index contributed by atoms with van der Waals surface area (Å²) < 4.78 is 0. The fourth-order valence-corrected chi connectivity index (χ4v) is 3.34. The van der Waals surface area contributed by atoms with E-state index in [9.17, 15) is 0 Å². The zero-order chi connectivity index (χ0) is 14.8. The molecule has 112 valence electrons. The highest BCUT2D eigenvalue weighted by atomic mass is 15.1. The minimum absolute atomic E-state index is 0.498. The standard InChI is InChI=1S/C18H20N4/c1-2-8-17-16(7-1)20-18(21-17)15-6-4-10-22(13-15)12-14-5-3-9-19-11-14/h1-3,5,7-9,11,15H,4,6,10,12-13H2,(H,20,21)/t15-/m0/s1. The normalized spacial score (nSPS) is 19.5. The number of hydrogen-bond donors (Lipinski definition) is 1. The van der Waals surface area contributed by atoms with Gasteiger partial charge in [0, 0.05) is 31.4 Å². The van der Waals surface area contributed by atoms with Crippen LogP contribution in [-0.2, 0) is 6.54 Å². The Kier molecular flexibility index (Phi) is 3.60. The summed E-state index contributed by atoms with van der Waals surface area (Å²) in [5, 5.41) is 0. The van der Waals surface area contributed by atoms with Crippen molar-refractivity contribution in [3.05, 3.63) is 60.2 Å². The highest BCUT2D eigenvalue weighted by Gasteiger charge is 2.23. The number of H-pyrrole nitrogens is 1. The van der Waals surface area contributed by atoms with Crippen molar-refractivity contribution in [3.63, 3.8) is 0 Å². The molecule has 0 aliphatic carbocycles. The van der Waals surface area contributed by atoms with Gasteiger partial charge in [-0.3, -0.25) is 9.88 Å². The summed E-state index contributed by atoms with van der Waals surface area (Å²) in [5.74, 6) is 1.63. The predicted octanol–water partition coefficient (Wildman–Crippen LogP) is 3.34. The molecule has 4 heteroatoms. The zero-order valence-corrected chi connectivity index (χ0v) is 12.6. The van der Waals surface area contributed by atoms with E-state index in [0.717, 1.165) is 36.5 Å². The minimum Gasteiger partial charge on any atom is -0.342 e. The number of para-hydroxylation sites is 2. The number of nitrogens with zero attached hydrogens (tertiary/aromatic N) is 3. The first-order chi connectivity index (χ1) is 10.9. The van der Waals surface area contributed by atoms with Crippen molar-refractivity contribution in [1.29, 1.82) is 0 Å². The van der Waals surface area contributed by atoms with E-state index in [0.29, 0.717) is 5.92 Å². The van der Waals surface area contributed by atoms with Crippen LogP contribution in [0.15, 0.2) is 48.8 Å². The number of benzene rings is 1. The molecular weight excluding hydrogens is 272 g/mol. The number of aromatic amines is 1. The smallest absolute Gasteiger partial charge is 0.111 e. The van der Waals surface area contributed by atoms with Crippen LogP contribution >= 0.6 is 0 Å². The number of nitrogens with one attached hydrogen (secondary N) is 1. The highest BCUT2D eigenvalue weighted by molar-refractivity contribution is 5.74. The van der Waals surface area contributed by atoms with E-state index < -0.39 is 0 Å². The minimum atomic E-state index is 0.498. The van der Waals surface area contributed by atoms with E-state index in [1.807, 2.05) is 24.5 Å². The summed E-state index contributed by atoms with van der Waals surface area (Å²) in [6, 6.07) is 12.4. The van der Waals surface area contributed by atoms with E-state index in [1.54, 1.807) is 0 Å². The summed E-state index contributed by atoms with van der Waals surface area (Å²) >= 11 is 0. The predicted molar refractivity (Wildman–Crippen MR) is 87.6 cm³/mol. The summed E-state index contributed by atoms with van der Waals surface area (Å²) in [6.45, 7) is 3.20. The molecule has 4 rings (SSSR count). The van der Waals surface area contributed by atoms with Crippen molar-refractivity contribution in [2.75, 3.05) is 13.1 Å². The molecule has 1 aliphatic heterocycles. The monoisotopic (exact) mass is 292 g/mol. The zero-order valence-electron chi connectivity index (χ0n) is 12.6. The van der Waals surface area contributed by atoms with Gasteiger partial charge < -0.3 is 4.98 Å². The quantitative estimate of drug-likeness (QED) is 0.805. The van der Waals surface area contributed by atoms with Crippen LogP contribution in [0.5, 0.6) is 0 Å². The molecule has 0 unspecified atom stereocenters. The second-order valence-electron chi connectivity index (χ2n) is 6.07. The fraction of sp³-hybridized carbons (Fsp3) is 0.333. The van der Waals surface area contributed by atoms with E-state index in [2.05, 4.69) is 39.1 Å². The maximum absolute atomic E-state index is 4.78. The van der Waals surface area contributed by atoms with E-state index in [-0.39, 0.29) is 0 Å². The van der Waals surface area contributed by atoms with Crippen molar-refractivity contribution in [1.82, 2.24) is 19.9 Å². The van der Waals surface area contributed by atoms with Gasteiger partial charge in [-0.2, -0.15) is 0 Å². The molecule has 2 aromatic heterocycles. The summed E-state index contributed by atoms with van der Waals surface area (Å²) in [7, 11) is 0. The van der Waals surface area contributed by atoms with Gasteiger partial charge in [-0.25, -0.2) is 4.98 Å². The molecule has 0 spiro atoms. The molecule has 0 saturated carbocycles. The number of fused-ring (bicyclic) bond motifs is 1. The third-order valence-corrected chi connectivity index (χ3v) is 4.43. The molecule has 0 bridgehead atoms. The number of aromatic nitrogens is 3. The van der Waals surface area contributed by atoms with Crippen LogP contribution in [0.2, 0.25) is 0 Å². The lowest BCUT2D eigenvalue weighted by Gasteiger charge is -2.31. The lowest BCUT2D eigenvalue weighted by Crippen LogP contribution is -2.34. The lowest BCUT2D eigenvalue weighted by molar-refractivity contribution is 0.197. The second kappa shape index (κ2) is 5.89. The molecular formula is C18H20N4. The molecule has 1 aliphatic rings. The Morgan fingerprint density at radius 1 is 1.18 bits per heavy atom. The molecule has 1 aromatic carbocycles. The molecule has 0 amide bonds. The van der Waals surface area contributed by atoms with Crippen LogP contribution in [-0.4, -0.2) is 32.9 Å². The summed E-state index contributed by atoms with van der Waals surface area (Å²) in [4.78, 5) is 15.0. The van der Waals surface area contributed by atoms with E-state index in [1.165, 1.54) is 18.4 Å². The highest BCUT2D eigenvalue weighted by Crippen LogP contribution is 2.27. The SMILES string of the molecule is c1cncc(CN2CCC[C@H](c3nc4ccccc4[nH]3)C2)c1. The van der Waals surface area contributed by atoms with Gasteiger partial charge >= 0.3 is 0 Å². The van der Waals surface area contributed by atoms with Gasteiger partial charge in [0.2, 0.25) is 0 Å². The average molecular weight is 292 g/mol. The van der Waals surface area contributed by atoms with Crippen LogP contribution in [0.3, 0.4) is 0 Å². The van der Waals surface area contributed by atoms with Crippen LogP contribution in [0, 0.1) is 0 Å². The third kappa shape index (κ3) is 2.74.